The lowest BCUT2D eigenvalue weighted by Gasteiger charge is -2.20. The number of carbonyl (C=O) groups is 4. The molecule has 0 aliphatic carbocycles. The molecule has 4 rings (SSSR count). The molecule has 1 fully saturated rings. The highest BCUT2D eigenvalue weighted by Gasteiger charge is 2.28. The molecule has 1 aliphatic heterocycles. The summed E-state index contributed by atoms with van der Waals surface area (Å²) < 4.78 is 30.2. The molecule has 13 nitrogen and oxygen atoms in total. The summed E-state index contributed by atoms with van der Waals surface area (Å²) in [5, 5.41) is 8.71. The van der Waals surface area contributed by atoms with Crippen LogP contribution in [-0.4, -0.2) is 67.9 Å². The maximum atomic E-state index is 13.4. The van der Waals surface area contributed by atoms with Gasteiger partial charge in [-0.2, -0.15) is 0 Å². The summed E-state index contributed by atoms with van der Waals surface area (Å²) in [5.41, 5.74) is 0.422. The van der Waals surface area contributed by atoms with E-state index >= 15 is 0 Å². The summed E-state index contributed by atoms with van der Waals surface area (Å²) in [4.78, 5) is 56.6. The average molecular weight is 629 g/mol. The maximum Gasteiger partial charge on any atom is 0.324 e. The van der Waals surface area contributed by atoms with Crippen LogP contribution in [0, 0.1) is 0 Å². The molecule has 0 saturated carbocycles. The van der Waals surface area contributed by atoms with Gasteiger partial charge >= 0.3 is 6.03 Å². The first kappa shape index (κ1) is 31.4. The van der Waals surface area contributed by atoms with Gasteiger partial charge in [0.25, 0.3) is 11.8 Å². The van der Waals surface area contributed by atoms with Crippen LogP contribution in [0.2, 0.25) is 0 Å². The molecule has 1 aliphatic rings. The number of rotatable bonds is 7. The van der Waals surface area contributed by atoms with E-state index < -0.39 is 22.0 Å². The van der Waals surface area contributed by atoms with E-state index in [9.17, 15) is 27.6 Å². The summed E-state index contributed by atoms with van der Waals surface area (Å²) in [6.07, 6.45) is 2.39. The van der Waals surface area contributed by atoms with E-state index in [-0.39, 0.29) is 35.1 Å². The first-order valence-electron chi connectivity index (χ1n) is 13.2. The molecular formula is C28H32N6O7S2. The summed E-state index contributed by atoms with van der Waals surface area (Å²) >= 11 is 1.32. The van der Waals surface area contributed by atoms with Crippen molar-refractivity contribution in [2.75, 3.05) is 36.5 Å². The molecule has 1 aromatic carbocycles. The predicted molar refractivity (Wildman–Crippen MR) is 162 cm³/mol. The lowest BCUT2D eigenvalue weighted by molar-refractivity contribution is -0.120. The average Bonchev–Trinajstić information content (AvgIpc) is 3.22. The minimum absolute atomic E-state index is 0.104. The molecule has 15 heteroatoms. The second-order valence-electron chi connectivity index (χ2n) is 10.8. The summed E-state index contributed by atoms with van der Waals surface area (Å²) in [5.74, 6) is -0.609. The number of benzene rings is 1. The molecule has 0 spiro atoms. The molecular weight excluding hydrogens is 596 g/mol. The normalized spacial score (nSPS) is 13.9. The largest absolute Gasteiger partial charge is 0.457 e. The molecule has 0 unspecified atom stereocenters. The van der Waals surface area contributed by atoms with Crippen LogP contribution in [0.25, 0.3) is 0 Å². The van der Waals surface area contributed by atoms with Crippen molar-refractivity contribution in [3.63, 3.8) is 0 Å². The van der Waals surface area contributed by atoms with E-state index in [4.69, 9.17) is 4.74 Å². The Bertz CT molecular complexity index is 1650. The van der Waals surface area contributed by atoms with E-state index in [1.165, 1.54) is 29.7 Å². The van der Waals surface area contributed by atoms with Crippen LogP contribution < -0.4 is 25.4 Å². The fraction of sp³-hybridized carbons (Fsp3) is 0.321. The predicted octanol–water partition coefficient (Wildman–Crippen LogP) is 3.53. The van der Waals surface area contributed by atoms with Gasteiger partial charge in [0.15, 0.2) is 0 Å². The molecule has 4 N–H and O–H groups in total. The molecule has 1 saturated heterocycles. The van der Waals surface area contributed by atoms with E-state index in [0.29, 0.717) is 41.6 Å². The van der Waals surface area contributed by atoms with Gasteiger partial charge in [0.2, 0.25) is 15.9 Å². The van der Waals surface area contributed by atoms with Gasteiger partial charge in [-0.05, 0) is 41.8 Å². The lowest BCUT2D eigenvalue weighted by atomic mass is 9.94. The third kappa shape index (κ3) is 8.75. The van der Waals surface area contributed by atoms with Crippen molar-refractivity contribution in [1.29, 1.82) is 0 Å². The number of ether oxygens (including phenoxy) is 1. The Balaban J connectivity index is 1.43. The number of pyridine rings is 1. The van der Waals surface area contributed by atoms with Gasteiger partial charge in [-0.25, -0.2) is 17.9 Å². The Morgan fingerprint density at radius 2 is 1.74 bits per heavy atom. The van der Waals surface area contributed by atoms with Gasteiger partial charge < -0.3 is 20.3 Å². The first-order chi connectivity index (χ1) is 20.2. The van der Waals surface area contributed by atoms with Crippen LogP contribution in [0.1, 0.15) is 52.9 Å². The number of urea groups is 1. The van der Waals surface area contributed by atoms with Crippen molar-refractivity contribution >= 4 is 55.8 Å². The molecule has 0 radical (unpaired) electrons. The van der Waals surface area contributed by atoms with E-state index in [1.807, 2.05) is 25.5 Å². The van der Waals surface area contributed by atoms with Crippen LogP contribution in [0.3, 0.4) is 0 Å². The van der Waals surface area contributed by atoms with Gasteiger partial charge in [0, 0.05) is 48.9 Å². The van der Waals surface area contributed by atoms with Gasteiger partial charge in [0.1, 0.15) is 22.2 Å². The van der Waals surface area contributed by atoms with Gasteiger partial charge in [-0.3, -0.25) is 24.7 Å². The Hall–Kier alpha value is -4.50. The minimum atomic E-state index is -3.75. The SMILES string of the molecule is CC(C)(C)c1cc(C(=O)N2CCNC(=O)CC2)c(NC(=O)Nc2ccc(Oc3ccnc(C(=O)NS(C)(=O)=O)c3)cc2)s1. The monoisotopic (exact) mass is 628 g/mol. The smallest absolute Gasteiger partial charge is 0.324 e. The van der Waals surface area contributed by atoms with Gasteiger partial charge in [-0.1, -0.05) is 20.8 Å². The number of hydrogen-bond acceptors (Lipinski definition) is 9. The van der Waals surface area contributed by atoms with Crippen molar-refractivity contribution in [3.05, 3.63) is 64.8 Å². The number of carbonyl (C=O) groups excluding carboxylic acids is 4. The van der Waals surface area contributed by atoms with Crippen molar-refractivity contribution in [1.82, 2.24) is 19.9 Å². The quantitative estimate of drug-likeness (QED) is 0.307. The summed E-state index contributed by atoms with van der Waals surface area (Å²) in [7, 11) is -3.75. The summed E-state index contributed by atoms with van der Waals surface area (Å²) in [6.45, 7) is 7.09. The second-order valence-corrected chi connectivity index (χ2v) is 13.6. The molecule has 2 aromatic heterocycles. The number of amides is 5. The van der Waals surface area contributed by atoms with Gasteiger partial charge in [0.05, 0.1) is 11.8 Å². The topological polar surface area (TPSA) is 176 Å². The van der Waals surface area contributed by atoms with Crippen molar-refractivity contribution < 1.29 is 32.3 Å². The zero-order valence-electron chi connectivity index (χ0n) is 24.0. The number of aromatic nitrogens is 1. The number of sulfonamides is 1. The number of nitrogens with zero attached hydrogens (tertiary/aromatic N) is 2. The standard InChI is InChI=1S/C28H32N6O7S2/c1-28(2,3)22-16-20(26(37)34-13-10-23(35)30-12-14-34)25(42-22)32-27(38)31-17-5-7-18(8-6-17)41-19-9-11-29-21(15-19)24(36)33-43(4,39)40/h5-9,11,15-16H,10,12-14H2,1-4H3,(H,30,35)(H,33,36)(H2,31,32,38). The Morgan fingerprint density at radius 3 is 2.42 bits per heavy atom. The number of thiophene rings is 1. The molecule has 228 valence electrons. The number of nitrogens with one attached hydrogen (secondary N) is 4. The highest BCUT2D eigenvalue weighted by molar-refractivity contribution is 7.89. The molecule has 43 heavy (non-hydrogen) atoms. The van der Waals surface area contributed by atoms with E-state index in [1.54, 1.807) is 35.2 Å². The van der Waals surface area contributed by atoms with Gasteiger partial charge in [-0.15, -0.1) is 11.3 Å². The van der Waals surface area contributed by atoms with Crippen LogP contribution >= 0.6 is 11.3 Å². The third-order valence-corrected chi connectivity index (χ3v) is 8.15. The summed E-state index contributed by atoms with van der Waals surface area (Å²) in [6, 6.07) is 10.5. The highest BCUT2D eigenvalue weighted by atomic mass is 32.2. The number of hydrogen-bond donors (Lipinski definition) is 4. The Labute approximate surface area is 253 Å². The molecule has 5 amide bonds. The van der Waals surface area contributed by atoms with E-state index in [0.717, 1.165) is 11.1 Å². The van der Waals surface area contributed by atoms with Crippen LogP contribution in [0.15, 0.2) is 48.7 Å². The number of anilines is 2. The van der Waals surface area contributed by atoms with Crippen molar-refractivity contribution in [3.8, 4) is 11.5 Å². The fourth-order valence-corrected chi connectivity index (χ4v) is 5.52. The molecule has 3 heterocycles. The third-order valence-electron chi connectivity index (χ3n) is 6.12. The minimum Gasteiger partial charge on any atom is -0.457 e. The lowest BCUT2D eigenvalue weighted by Crippen LogP contribution is -2.34. The van der Waals surface area contributed by atoms with Crippen LogP contribution in [0.4, 0.5) is 15.5 Å². The van der Waals surface area contributed by atoms with Crippen molar-refractivity contribution in [2.24, 2.45) is 0 Å². The van der Waals surface area contributed by atoms with Crippen LogP contribution in [0.5, 0.6) is 11.5 Å². The molecule has 0 bridgehead atoms. The zero-order chi connectivity index (χ0) is 31.4. The van der Waals surface area contributed by atoms with Crippen LogP contribution in [-0.2, 0) is 20.2 Å². The Kier molecular flexibility index (Phi) is 9.35. The van der Waals surface area contributed by atoms with Crippen molar-refractivity contribution in [2.45, 2.75) is 32.6 Å². The second kappa shape index (κ2) is 12.8. The maximum absolute atomic E-state index is 13.4. The molecule has 0 atom stereocenters. The zero-order valence-corrected chi connectivity index (χ0v) is 25.6. The first-order valence-corrected chi connectivity index (χ1v) is 15.9. The fourth-order valence-electron chi connectivity index (χ4n) is 3.98. The van der Waals surface area contributed by atoms with E-state index in [2.05, 4.69) is 20.9 Å². The molecule has 3 aromatic rings. The Morgan fingerprint density at radius 1 is 1.02 bits per heavy atom. The highest BCUT2D eigenvalue weighted by Crippen LogP contribution is 2.37.